The Morgan fingerprint density at radius 1 is 1.19 bits per heavy atom. The van der Waals surface area contributed by atoms with Crippen molar-refractivity contribution in [3.05, 3.63) is 60.2 Å². The van der Waals surface area contributed by atoms with E-state index in [-0.39, 0.29) is 18.4 Å². The SMILES string of the molecule is CNC(=O)[C@]1(c2ccccn2)CCCN(CC(=O)NCCc2nc3ccccc3[nH]2)C1. The summed E-state index contributed by atoms with van der Waals surface area (Å²) in [7, 11) is 1.65. The molecule has 31 heavy (non-hydrogen) atoms. The molecule has 3 heterocycles. The van der Waals surface area contributed by atoms with Crippen LogP contribution in [0.15, 0.2) is 48.7 Å². The lowest BCUT2D eigenvalue weighted by molar-refractivity contribution is -0.130. The Morgan fingerprint density at radius 3 is 2.81 bits per heavy atom. The number of hydrogen-bond donors (Lipinski definition) is 3. The summed E-state index contributed by atoms with van der Waals surface area (Å²) < 4.78 is 0. The lowest BCUT2D eigenvalue weighted by Gasteiger charge is -2.40. The fourth-order valence-electron chi connectivity index (χ4n) is 4.38. The minimum atomic E-state index is -0.733. The molecule has 1 aliphatic rings. The normalized spacial score (nSPS) is 19.3. The molecule has 1 fully saturated rings. The number of likely N-dealkylation sites (tertiary alicyclic amines) is 1. The van der Waals surface area contributed by atoms with Gasteiger partial charge in [0.2, 0.25) is 11.8 Å². The van der Waals surface area contributed by atoms with Gasteiger partial charge in [0.1, 0.15) is 11.2 Å². The van der Waals surface area contributed by atoms with Crippen molar-refractivity contribution in [1.29, 1.82) is 0 Å². The second kappa shape index (κ2) is 9.26. The van der Waals surface area contributed by atoms with Gasteiger partial charge in [0.15, 0.2) is 0 Å². The van der Waals surface area contributed by atoms with Crippen LogP contribution in [0.1, 0.15) is 24.4 Å². The number of aromatic nitrogens is 3. The number of imidazole rings is 1. The van der Waals surface area contributed by atoms with Crippen LogP contribution >= 0.6 is 0 Å². The Morgan fingerprint density at radius 2 is 2.03 bits per heavy atom. The van der Waals surface area contributed by atoms with Crippen molar-refractivity contribution in [3.63, 3.8) is 0 Å². The maximum atomic E-state index is 12.8. The standard InChI is InChI=1S/C23H28N6O2/c1-24-22(31)23(19-9-4-5-12-25-19)11-6-14-29(16-23)15-21(30)26-13-10-20-27-17-7-2-3-8-18(17)28-20/h2-5,7-9,12H,6,10-11,13-16H2,1H3,(H,24,31)(H,26,30)(H,27,28)/t23-/m1/s1. The number of aromatic amines is 1. The van der Waals surface area contributed by atoms with Crippen LogP contribution in [0.25, 0.3) is 11.0 Å². The summed E-state index contributed by atoms with van der Waals surface area (Å²) in [6, 6.07) is 13.5. The van der Waals surface area contributed by atoms with Gasteiger partial charge in [-0.25, -0.2) is 4.98 Å². The molecule has 0 radical (unpaired) electrons. The van der Waals surface area contributed by atoms with Crippen LogP contribution in [0, 0.1) is 0 Å². The van der Waals surface area contributed by atoms with Crippen LogP contribution in [0.3, 0.4) is 0 Å². The minimum Gasteiger partial charge on any atom is -0.358 e. The quantitative estimate of drug-likeness (QED) is 0.536. The maximum absolute atomic E-state index is 12.8. The third-order valence-electron chi connectivity index (χ3n) is 5.88. The molecular weight excluding hydrogens is 392 g/mol. The molecule has 1 aromatic carbocycles. The zero-order chi connectivity index (χ0) is 21.7. The van der Waals surface area contributed by atoms with E-state index in [1.165, 1.54) is 0 Å². The molecule has 2 amide bonds. The predicted molar refractivity (Wildman–Crippen MR) is 118 cm³/mol. The molecule has 162 valence electrons. The van der Waals surface area contributed by atoms with Gasteiger partial charge in [-0.3, -0.25) is 19.5 Å². The van der Waals surface area contributed by atoms with Crippen molar-refractivity contribution in [1.82, 2.24) is 30.5 Å². The summed E-state index contributed by atoms with van der Waals surface area (Å²) in [5.74, 6) is 0.749. The van der Waals surface area contributed by atoms with Crippen molar-refractivity contribution in [2.45, 2.75) is 24.7 Å². The zero-order valence-electron chi connectivity index (χ0n) is 17.7. The molecule has 0 aliphatic carbocycles. The number of carbonyl (C=O) groups excluding carboxylic acids is 2. The summed E-state index contributed by atoms with van der Waals surface area (Å²) in [5, 5.41) is 5.77. The average molecular weight is 421 g/mol. The fourth-order valence-corrected chi connectivity index (χ4v) is 4.38. The topological polar surface area (TPSA) is 103 Å². The lowest BCUT2D eigenvalue weighted by atomic mass is 9.75. The number of amides is 2. The Kier molecular flexibility index (Phi) is 6.27. The Balaban J connectivity index is 1.34. The molecule has 8 heteroatoms. The minimum absolute atomic E-state index is 0.0511. The van der Waals surface area contributed by atoms with Gasteiger partial charge in [0.05, 0.1) is 23.3 Å². The zero-order valence-corrected chi connectivity index (χ0v) is 17.7. The van der Waals surface area contributed by atoms with Gasteiger partial charge in [-0.2, -0.15) is 0 Å². The largest absolute Gasteiger partial charge is 0.358 e. The Labute approximate surface area is 181 Å². The molecule has 3 N–H and O–H groups in total. The molecule has 0 bridgehead atoms. The fraction of sp³-hybridized carbons (Fsp3) is 0.391. The summed E-state index contributed by atoms with van der Waals surface area (Å²) in [5.41, 5.74) is 1.95. The number of piperidine rings is 1. The third kappa shape index (κ3) is 4.59. The van der Waals surface area contributed by atoms with Gasteiger partial charge in [-0.05, 0) is 43.7 Å². The molecule has 1 aliphatic heterocycles. The second-order valence-electron chi connectivity index (χ2n) is 7.99. The van der Waals surface area contributed by atoms with Crippen molar-refractivity contribution in [3.8, 4) is 0 Å². The Hall–Kier alpha value is -3.26. The van der Waals surface area contributed by atoms with E-state index in [1.807, 2.05) is 47.4 Å². The van der Waals surface area contributed by atoms with Gasteiger partial charge >= 0.3 is 0 Å². The molecule has 2 aromatic heterocycles. The summed E-state index contributed by atoms with van der Waals surface area (Å²) in [4.78, 5) is 39.7. The van der Waals surface area contributed by atoms with Crippen molar-refractivity contribution in [2.24, 2.45) is 0 Å². The van der Waals surface area contributed by atoms with Gasteiger partial charge in [-0.15, -0.1) is 0 Å². The number of carbonyl (C=O) groups is 2. The highest BCUT2D eigenvalue weighted by Gasteiger charge is 2.44. The summed E-state index contributed by atoms with van der Waals surface area (Å²) in [6.45, 7) is 2.02. The van der Waals surface area contributed by atoms with E-state index in [0.717, 1.165) is 35.5 Å². The number of pyridine rings is 1. The first kappa shape index (κ1) is 21.0. The van der Waals surface area contributed by atoms with Crippen LogP contribution in [0.5, 0.6) is 0 Å². The van der Waals surface area contributed by atoms with E-state index in [1.54, 1.807) is 13.2 Å². The molecule has 1 saturated heterocycles. The number of nitrogens with zero attached hydrogens (tertiary/aromatic N) is 3. The van der Waals surface area contributed by atoms with Gasteiger partial charge in [-0.1, -0.05) is 18.2 Å². The number of rotatable bonds is 7. The summed E-state index contributed by atoms with van der Waals surface area (Å²) in [6.07, 6.45) is 3.89. The summed E-state index contributed by atoms with van der Waals surface area (Å²) >= 11 is 0. The number of para-hydroxylation sites is 2. The van der Waals surface area contributed by atoms with Crippen LogP contribution in [-0.4, -0.2) is 64.9 Å². The monoisotopic (exact) mass is 420 g/mol. The molecule has 8 nitrogen and oxygen atoms in total. The van der Waals surface area contributed by atoms with E-state index in [4.69, 9.17) is 0 Å². The van der Waals surface area contributed by atoms with E-state index in [2.05, 4.69) is 25.6 Å². The van der Waals surface area contributed by atoms with Gasteiger partial charge < -0.3 is 15.6 Å². The highest BCUT2D eigenvalue weighted by molar-refractivity contribution is 5.88. The van der Waals surface area contributed by atoms with Crippen molar-refractivity contribution in [2.75, 3.05) is 33.2 Å². The smallest absolute Gasteiger partial charge is 0.234 e. The van der Waals surface area contributed by atoms with E-state index >= 15 is 0 Å². The number of fused-ring (bicyclic) bond motifs is 1. The van der Waals surface area contributed by atoms with E-state index in [0.29, 0.717) is 25.9 Å². The van der Waals surface area contributed by atoms with Gasteiger partial charge in [0, 0.05) is 32.8 Å². The number of H-pyrrole nitrogens is 1. The maximum Gasteiger partial charge on any atom is 0.234 e. The number of benzene rings is 1. The highest BCUT2D eigenvalue weighted by atomic mass is 16.2. The van der Waals surface area contributed by atoms with Crippen LogP contribution in [0.4, 0.5) is 0 Å². The number of nitrogens with one attached hydrogen (secondary N) is 3. The van der Waals surface area contributed by atoms with E-state index in [9.17, 15) is 9.59 Å². The third-order valence-corrected chi connectivity index (χ3v) is 5.88. The first-order valence-corrected chi connectivity index (χ1v) is 10.7. The molecule has 0 saturated carbocycles. The van der Waals surface area contributed by atoms with Gasteiger partial charge in [0.25, 0.3) is 0 Å². The first-order chi connectivity index (χ1) is 15.1. The number of likely N-dealkylation sites (N-methyl/N-ethyl adjacent to an activating group) is 1. The molecule has 1 atom stereocenters. The second-order valence-corrected chi connectivity index (χ2v) is 7.99. The average Bonchev–Trinajstić information content (AvgIpc) is 3.22. The molecule has 0 unspecified atom stereocenters. The van der Waals surface area contributed by atoms with Crippen LogP contribution in [-0.2, 0) is 21.4 Å². The molecule has 3 aromatic rings. The van der Waals surface area contributed by atoms with E-state index < -0.39 is 5.41 Å². The lowest BCUT2D eigenvalue weighted by Crippen LogP contribution is -2.56. The molecule has 0 spiro atoms. The highest BCUT2D eigenvalue weighted by Crippen LogP contribution is 2.33. The van der Waals surface area contributed by atoms with Crippen LogP contribution < -0.4 is 10.6 Å². The van der Waals surface area contributed by atoms with Crippen molar-refractivity contribution < 1.29 is 9.59 Å². The molecule has 4 rings (SSSR count). The number of hydrogen-bond acceptors (Lipinski definition) is 5. The Bertz CT molecular complexity index is 1020. The first-order valence-electron chi connectivity index (χ1n) is 10.7. The molecular formula is C23H28N6O2. The van der Waals surface area contributed by atoms with Crippen LogP contribution in [0.2, 0.25) is 0 Å². The van der Waals surface area contributed by atoms with Crippen molar-refractivity contribution >= 4 is 22.8 Å². The predicted octanol–water partition coefficient (Wildman–Crippen LogP) is 1.40.